The number of carboxylic acid groups (broad SMARTS) is 2. The Morgan fingerprint density at radius 3 is 1.87 bits per heavy atom. The van der Waals surface area contributed by atoms with Gasteiger partial charge in [0.15, 0.2) is 0 Å². The van der Waals surface area contributed by atoms with Crippen LogP contribution in [0.2, 0.25) is 0 Å². The minimum atomic E-state index is -1.43. The lowest BCUT2D eigenvalue weighted by molar-refractivity contribution is -0.143. The highest BCUT2D eigenvalue weighted by Crippen LogP contribution is 2.33. The molecule has 0 aliphatic carbocycles. The van der Waals surface area contributed by atoms with Gasteiger partial charge in [0.1, 0.15) is 0 Å². The van der Waals surface area contributed by atoms with Crippen LogP contribution in [0.5, 0.6) is 0 Å². The zero-order valence-electron chi connectivity index (χ0n) is 12.9. The summed E-state index contributed by atoms with van der Waals surface area (Å²) in [4.78, 5) is 29.2. The molecule has 0 aliphatic heterocycles. The van der Waals surface area contributed by atoms with E-state index in [-0.39, 0.29) is 11.7 Å². The van der Waals surface area contributed by atoms with Gasteiger partial charge in [0.25, 0.3) is 0 Å². The van der Waals surface area contributed by atoms with Crippen molar-refractivity contribution in [3.8, 4) is 0 Å². The quantitative estimate of drug-likeness (QED) is 0.668. The Kier molecular flexibility index (Phi) is 6.21. The van der Waals surface area contributed by atoms with E-state index >= 15 is 0 Å². The van der Waals surface area contributed by atoms with Gasteiger partial charge < -0.3 is 10.2 Å². The minimum absolute atomic E-state index is 0.167. The van der Waals surface area contributed by atoms with Crippen molar-refractivity contribution in [1.82, 2.24) is 0 Å². The number of benzene rings is 2. The predicted molar refractivity (Wildman–Crippen MR) is 85.7 cm³/mol. The van der Waals surface area contributed by atoms with Gasteiger partial charge in [0.2, 0.25) is 6.29 Å². The molecule has 0 bridgehead atoms. The van der Waals surface area contributed by atoms with E-state index in [1.54, 1.807) is 12.1 Å². The van der Waals surface area contributed by atoms with E-state index in [9.17, 15) is 9.90 Å². The number of aromatic carboxylic acids is 1. The van der Waals surface area contributed by atoms with Gasteiger partial charge in [-0.05, 0) is 17.2 Å². The van der Waals surface area contributed by atoms with Crippen LogP contribution in [0.3, 0.4) is 0 Å². The largest absolute Gasteiger partial charge is 0.478 e. The fraction of sp³-hybridized carbons (Fsp3) is 0.167. The van der Waals surface area contributed by atoms with Gasteiger partial charge in [0.05, 0.1) is 5.56 Å². The van der Waals surface area contributed by atoms with Crippen LogP contribution in [-0.4, -0.2) is 28.4 Å². The Hall–Kier alpha value is -2.95. The molecule has 0 saturated heterocycles. The lowest BCUT2D eigenvalue weighted by atomic mass is 9.76. The highest BCUT2D eigenvalue weighted by Gasteiger charge is 2.27. The van der Waals surface area contributed by atoms with Gasteiger partial charge in [-0.25, -0.2) is 9.59 Å². The van der Waals surface area contributed by atoms with Crippen LogP contribution in [0.25, 0.3) is 0 Å². The van der Waals surface area contributed by atoms with Crippen molar-refractivity contribution in [2.24, 2.45) is 0 Å². The number of aldehydes is 1. The summed E-state index contributed by atoms with van der Waals surface area (Å²) in [5, 5.41) is 16.6. The molecule has 0 unspecified atom stereocenters. The summed E-state index contributed by atoms with van der Waals surface area (Å²) in [6.45, 7) is 4.09. The molecule has 0 aliphatic rings. The van der Waals surface area contributed by atoms with Gasteiger partial charge in [-0.15, -0.1) is 0 Å². The second-order valence-corrected chi connectivity index (χ2v) is 5.30. The van der Waals surface area contributed by atoms with Crippen molar-refractivity contribution in [3.05, 3.63) is 71.3 Å². The number of hydrogen-bond donors (Lipinski definition) is 2. The van der Waals surface area contributed by atoms with Gasteiger partial charge >= 0.3 is 11.9 Å². The lowest BCUT2D eigenvalue weighted by Gasteiger charge is -2.27. The van der Waals surface area contributed by atoms with Crippen molar-refractivity contribution >= 4 is 18.2 Å². The lowest BCUT2D eigenvalue weighted by Crippen LogP contribution is -2.22. The maximum atomic E-state index is 11.3. The second kappa shape index (κ2) is 7.89. The summed E-state index contributed by atoms with van der Waals surface area (Å²) in [6.07, 6.45) is -0.167. The van der Waals surface area contributed by atoms with Crippen LogP contribution >= 0.6 is 0 Å². The number of rotatable bonds is 4. The molecule has 23 heavy (non-hydrogen) atoms. The zero-order valence-corrected chi connectivity index (χ0v) is 12.9. The third-order valence-electron chi connectivity index (χ3n) is 3.43. The highest BCUT2D eigenvalue weighted by molar-refractivity contribution is 6.19. The topological polar surface area (TPSA) is 91.7 Å². The SMILES string of the molecule is CC(C)(c1ccccc1)c1ccccc1C(=O)O.O=CC(=O)O. The molecular weight excluding hydrogens is 296 g/mol. The molecule has 2 aromatic carbocycles. The fourth-order valence-corrected chi connectivity index (χ4v) is 2.22. The molecule has 0 spiro atoms. The fourth-order valence-electron chi connectivity index (χ4n) is 2.22. The molecule has 2 aromatic rings. The average Bonchev–Trinajstić information content (AvgIpc) is 2.56. The zero-order chi connectivity index (χ0) is 17.5. The molecule has 0 fully saturated rings. The van der Waals surface area contributed by atoms with Crippen LogP contribution in [0.15, 0.2) is 54.6 Å². The van der Waals surface area contributed by atoms with Gasteiger partial charge in [0, 0.05) is 5.41 Å². The monoisotopic (exact) mass is 314 g/mol. The van der Waals surface area contributed by atoms with E-state index in [2.05, 4.69) is 0 Å². The molecule has 5 nitrogen and oxygen atoms in total. The first-order chi connectivity index (χ1) is 10.8. The summed E-state index contributed by atoms with van der Waals surface area (Å²) in [6, 6.07) is 17.1. The van der Waals surface area contributed by atoms with Gasteiger partial charge in [-0.3, -0.25) is 4.79 Å². The molecule has 2 rings (SSSR count). The highest BCUT2D eigenvalue weighted by atomic mass is 16.4. The number of carbonyl (C=O) groups excluding carboxylic acids is 1. The first kappa shape index (κ1) is 18.1. The summed E-state index contributed by atoms with van der Waals surface area (Å²) in [7, 11) is 0. The van der Waals surface area contributed by atoms with Crippen LogP contribution < -0.4 is 0 Å². The summed E-state index contributed by atoms with van der Waals surface area (Å²) >= 11 is 0. The number of aliphatic carboxylic acids is 1. The summed E-state index contributed by atoms with van der Waals surface area (Å²) < 4.78 is 0. The predicted octanol–water partition coefficient (Wildman–Crippen LogP) is 2.98. The molecule has 0 radical (unpaired) electrons. The molecule has 120 valence electrons. The Bertz CT molecular complexity index is 690. The van der Waals surface area contributed by atoms with Crippen molar-refractivity contribution in [3.63, 3.8) is 0 Å². The van der Waals surface area contributed by atoms with Crippen LogP contribution in [-0.2, 0) is 15.0 Å². The standard InChI is InChI=1S/C16H16O2.C2H2O3/c1-16(2,12-8-4-3-5-9-12)14-11-7-6-10-13(14)15(17)18;3-1-2(4)5/h3-11H,1-2H3,(H,17,18);1H,(H,4,5). The van der Waals surface area contributed by atoms with E-state index in [1.807, 2.05) is 56.3 Å². The van der Waals surface area contributed by atoms with E-state index in [0.29, 0.717) is 5.56 Å². The van der Waals surface area contributed by atoms with Crippen molar-refractivity contribution in [1.29, 1.82) is 0 Å². The Labute approximate surface area is 134 Å². The first-order valence-electron chi connectivity index (χ1n) is 6.87. The van der Waals surface area contributed by atoms with Crippen LogP contribution in [0.1, 0.15) is 35.3 Å². The number of hydrogen-bond acceptors (Lipinski definition) is 3. The molecule has 0 heterocycles. The summed E-state index contributed by atoms with van der Waals surface area (Å²) in [5.74, 6) is -2.31. The molecule has 0 saturated carbocycles. The van der Waals surface area contributed by atoms with Crippen LogP contribution in [0, 0.1) is 0 Å². The van der Waals surface area contributed by atoms with E-state index < -0.39 is 11.9 Å². The smallest absolute Gasteiger partial charge is 0.368 e. The van der Waals surface area contributed by atoms with E-state index in [0.717, 1.165) is 11.1 Å². The third kappa shape index (κ3) is 4.78. The molecule has 5 heteroatoms. The molecule has 0 aromatic heterocycles. The van der Waals surface area contributed by atoms with E-state index in [1.165, 1.54) is 0 Å². The second-order valence-electron chi connectivity index (χ2n) is 5.30. The minimum Gasteiger partial charge on any atom is -0.478 e. The first-order valence-corrected chi connectivity index (χ1v) is 6.87. The van der Waals surface area contributed by atoms with Crippen molar-refractivity contribution in [2.75, 3.05) is 0 Å². The summed E-state index contributed by atoms with van der Waals surface area (Å²) in [5.41, 5.74) is 1.99. The number of carbonyl (C=O) groups is 3. The molecule has 2 N–H and O–H groups in total. The Morgan fingerprint density at radius 1 is 0.913 bits per heavy atom. The number of carboxylic acids is 2. The maximum absolute atomic E-state index is 11.3. The van der Waals surface area contributed by atoms with Gasteiger partial charge in [-0.2, -0.15) is 0 Å². The molecular formula is C18H18O5. The van der Waals surface area contributed by atoms with Crippen molar-refractivity contribution in [2.45, 2.75) is 19.3 Å². The van der Waals surface area contributed by atoms with Crippen LogP contribution in [0.4, 0.5) is 0 Å². The van der Waals surface area contributed by atoms with E-state index in [4.69, 9.17) is 14.7 Å². The molecule has 0 atom stereocenters. The molecule has 0 amide bonds. The third-order valence-corrected chi connectivity index (χ3v) is 3.43. The van der Waals surface area contributed by atoms with Gasteiger partial charge in [-0.1, -0.05) is 62.4 Å². The van der Waals surface area contributed by atoms with Crippen molar-refractivity contribution < 1.29 is 24.6 Å². The maximum Gasteiger partial charge on any atom is 0.368 e. The average molecular weight is 314 g/mol. The Morgan fingerprint density at radius 2 is 1.39 bits per heavy atom. The normalized spacial score (nSPS) is 10.2. The Balaban J connectivity index is 0.000000463.